The van der Waals surface area contributed by atoms with Gasteiger partial charge in [-0.3, -0.25) is 0 Å². The van der Waals surface area contributed by atoms with E-state index in [1.807, 2.05) is 6.20 Å². The third-order valence-electron chi connectivity index (χ3n) is 4.96. The van der Waals surface area contributed by atoms with E-state index in [-0.39, 0.29) is 18.3 Å². The molecule has 1 aliphatic rings. The second-order valence-electron chi connectivity index (χ2n) is 7.58. The average Bonchev–Trinajstić information content (AvgIpc) is 2.89. The van der Waals surface area contributed by atoms with Crippen molar-refractivity contribution in [3.05, 3.63) is 29.7 Å². The summed E-state index contributed by atoms with van der Waals surface area (Å²) >= 11 is 0. The normalized spacial score (nSPS) is 20.3. The number of aryl methyl sites for hydroxylation is 1. The van der Waals surface area contributed by atoms with Crippen LogP contribution in [0.4, 0.5) is 0 Å². The molecule has 0 aliphatic carbocycles. The summed E-state index contributed by atoms with van der Waals surface area (Å²) in [6.07, 6.45) is 4.06. The van der Waals surface area contributed by atoms with E-state index >= 15 is 0 Å². The number of hydrogen-bond acceptors (Lipinski definition) is 3. The predicted octanol–water partition coefficient (Wildman–Crippen LogP) is 3.07. The van der Waals surface area contributed by atoms with Gasteiger partial charge >= 0.3 is 7.12 Å². The number of imidazole rings is 1. The van der Waals surface area contributed by atoms with Gasteiger partial charge in [-0.05, 0) is 51.6 Å². The Hall–Kier alpha value is -1.33. The fourth-order valence-corrected chi connectivity index (χ4v) is 2.84. The maximum Gasteiger partial charge on any atom is 0.496 e. The summed E-state index contributed by atoms with van der Waals surface area (Å²) in [5, 5.41) is 0. The third kappa shape index (κ3) is 2.27. The summed E-state index contributed by atoms with van der Waals surface area (Å²) in [6, 6.07) is 2.12. The van der Waals surface area contributed by atoms with E-state index in [0.717, 1.165) is 16.7 Å². The van der Waals surface area contributed by atoms with Crippen molar-refractivity contribution in [1.82, 2.24) is 9.38 Å². The zero-order valence-electron chi connectivity index (χ0n) is 14.6. The van der Waals surface area contributed by atoms with Crippen molar-refractivity contribution in [3.63, 3.8) is 0 Å². The lowest BCUT2D eigenvalue weighted by Gasteiger charge is -2.32. The van der Waals surface area contributed by atoms with Gasteiger partial charge in [-0.25, -0.2) is 4.98 Å². The highest BCUT2D eigenvalue weighted by atomic mass is 16.7. The first-order valence-electron chi connectivity index (χ1n) is 7.95. The van der Waals surface area contributed by atoms with Crippen LogP contribution < -0.4 is 5.46 Å². The van der Waals surface area contributed by atoms with Crippen LogP contribution in [0.25, 0.3) is 5.65 Å². The van der Waals surface area contributed by atoms with Gasteiger partial charge in [0.2, 0.25) is 0 Å². The lowest BCUT2D eigenvalue weighted by atomic mass is 9.79. The van der Waals surface area contributed by atoms with Gasteiger partial charge in [0.05, 0.1) is 11.2 Å². The first-order valence-corrected chi connectivity index (χ1v) is 7.95. The Morgan fingerprint density at radius 1 is 1.14 bits per heavy atom. The number of aromatic nitrogens is 2. The molecule has 3 rings (SSSR count). The molecular weight excluding hydrogens is 275 g/mol. The van der Waals surface area contributed by atoms with Crippen molar-refractivity contribution in [1.29, 1.82) is 0 Å². The topological polar surface area (TPSA) is 35.8 Å². The standard InChI is InChI=1S/C17H25BN2O2/c1-11(2)14-9-19-15-12(3)8-13(10-20(14)15)18-21-16(4,5)17(6,7)22-18/h8-11H,1-7H3. The number of rotatable bonds is 2. The van der Waals surface area contributed by atoms with Crippen LogP contribution in [0, 0.1) is 6.92 Å². The zero-order valence-corrected chi connectivity index (χ0v) is 14.6. The molecule has 0 atom stereocenters. The summed E-state index contributed by atoms with van der Waals surface area (Å²) in [5.74, 6) is 0.419. The number of hydrogen-bond donors (Lipinski definition) is 0. The molecule has 0 spiro atoms. The molecule has 0 bridgehead atoms. The quantitative estimate of drug-likeness (QED) is 0.800. The molecule has 1 saturated heterocycles. The number of nitrogens with zero attached hydrogens (tertiary/aromatic N) is 2. The molecule has 4 nitrogen and oxygen atoms in total. The maximum absolute atomic E-state index is 6.17. The van der Waals surface area contributed by atoms with Crippen molar-refractivity contribution in [3.8, 4) is 0 Å². The second kappa shape index (κ2) is 4.83. The Morgan fingerprint density at radius 2 is 1.73 bits per heavy atom. The summed E-state index contributed by atoms with van der Waals surface area (Å²) in [4.78, 5) is 4.55. The molecule has 2 aromatic heterocycles. The Morgan fingerprint density at radius 3 is 2.27 bits per heavy atom. The van der Waals surface area contributed by atoms with Crippen LogP contribution in [-0.2, 0) is 9.31 Å². The summed E-state index contributed by atoms with van der Waals surface area (Å²) in [6.45, 7) is 14.8. The summed E-state index contributed by atoms with van der Waals surface area (Å²) in [5.41, 5.74) is 3.75. The average molecular weight is 300 g/mol. The molecule has 1 aliphatic heterocycles. The minimum atomic E-state index is -0.337. The van der Waals surface area contributed by atoms with Gasteiger partial charge in [-0.15, -0.1) is 0 Å². The minimum absolute atomic E-state index is 0.323. The highest BCUT2D eigenvalue weighted by Crippen LogP contribution is 2.36. The monoisotopic (exact) mass is 300 g/mol. The van der Waals surface area contributed by atoms with Crippen LogP contribution in [0.1, 0.15) is 58.7 Å². The van der Waals surface area contributed by atoms with Crippen molar-refractivity contribution in [2.75, 3.05) is 0 Å². The van der Waals surface area contributed by atoms with E-state index in [0.29, 0.717) is 5.92 Å². The van der Waals surface area contributed by atoms with E-state index in [4.69, 9.17) is 9.31 Å². The molecule has 3 heterocycles. The fraction of sp³-hybridized carbons (Fsp3) is 0.588. The lowest BCUT2D eigenvalue weighted by Crippen LogP contribution is -2.41. The zero-order chi connectivity index (χ0) is 16.3. The van der Waals surface area contributed by atoms with Crippen molar-refractivity contribution >= 4 is 18.2 Å². The van der Waals surface area contributed by atoms with Gasteiger partial charge in [0.25, 0.3) is 0 Å². The first kappa shape index (κ1) is 15.6. The van der Waals surface area contributed by atoms with E-state index in [1.165, 1.54) is 5.69 Å². The molecular formula is C17H25BN2O2. The second-order valence-corrected chi connectivity index (χ2v) is 7.58. The molecule has 0 N–H and O–H groups in total. The van der Waals surface area contributed by atoms with Crippen LogP contribution in [0.2, 0.25) is 0 Å². The van der Waals surface area contributed by atoms with Crippen molar-refractivity contribution in [2.24, 2.45) is 0 Å². The first-order chi connectivity index (χ1) is 10.1. The largest absolute Gasteiger partial charge is 0.496 e. The molecule has 0 saturated carbocycles. The van der Waals surface area contributed by atoms with Crippen LogP contribution in [0.15, 0.2) is 18.5 Å². The van der Waals surface area contributed by atoms with Gasteiger partial charge in [-0.1, -0.05) is 19.9 Å². The van der Waals surface area contributed by atoms with Crippen LogP contribution in [0.5, 0.6) is 0 Å². The minimum Gasteiger partial charge on any atom is -0.399 e. The van der Waals surface area contributed by atoms with Crippen LogP contribution >= 0.6 is 0 Å². The molecule has 0 amide bonds. The molecule has 22 heavy (non-hydrogen) atoms. The van der Waals surface area contributed by atoms with Gasteiger partial charge in [0.15, 0.2) is 0 Å². The van der Waals surface area contributed by atoms with E-state index in [9.17, 15) is 0 Å². The Balaban J connectivity index is 2.07. The predicted molar refractivity (Wildman–Crippen MR) is 89.7 cm³/mol. The molecule has 0 radical (unpaired) electrons. The molecule has 2 aromatic rings. The van der Waals surface area contributed by atoms with Gasteiger partial charge < -0.3 is 13.7 Å². The van der Waals surface area contributed by atoms with E-state index in [2.05, 4.69) is 70.1 Å². The molecule has 0 unspecified atom stereocenters. The van der Waals surface area contributed by atoms with Gasteiger partial charge in [-0.2, -0.15) is 0 Å². The Labute approximate surface area is 133 Å². The van der Waals surface area contributed by atoms with Gasteiger partial charge in [0, 0.05) is 18.1 Å². The maximum atomic E-state index is 6.17. The van der Waals surface area contributed by atoms with E-state index < -0.39 is 0 Å². The van der Waals surface area contributed by atoms with Crippen LogP contribution in [0.3, 0.4) is 0 Å². The molecule has 5 heteroatoms. The third-order valence-corrected chi connectivity index (χ3v) is 4.96. The Kier molecular flexibility index (Phi) is 3.42. The fourth-order valence-electron chi connectivity index (χ4n) is 2.84. The summed E-state index contributed by atoms with van der Waals surface area (Å²) < 4.78 is 14.5. The smallest absolute Gasteiger partial charge is 0.399 e. The number of fused-ring (bicyclic) bond motifs is 1. The molecule has 1 fully saturated rings. The van der Waals surface area contributed by atoms with Gasteiger partial charge in [0.1, 0.15) is 5.65 Å². The van der Waals surface area contributed by atoms with E-state index in [1.54, 1.807) is 0 Å². The highest BCUT2D eigenvalue weighted by molar-refractivity contribution is 6.62. The Bertz CT molecular complexity index is 703. The highest BCUT2D eigenvalue weighted by Gasteiger charge is 2.51. The number of pyridine rings is 1. The van der Waals surface area contributed by atoms with Crippen molar-refractivity contribution < 1.29 is 9.31 Å². The summed E-state index contributed by atoms with van der Waals surface area (Å²) in [7, 11) is -0.337. The SMILES string of the molecule is Cc1cc(B2OC(C)(C)C(C)(C)O2)cn2c(C(C)C)cnc12. The lowest BCUT2D eigenvalue weighted by molar-refractivity contribution is 0.00578. The molecule has 0 aromatic carbocycles. The van der Waals surface area contributed by atoms with Crippen LogP contribution in [-0.4, -0.2) is 27.7 Å². The molecule has 118 valence electrons. The van der Waals surface area contributed by atoms with Crippen molar-refractivity contribution in [2.45, 2.75) is 65.6 Å².